The number of halogens is 1. The molecule has 80 valence electrons. The van der Waals surface area contributed by atoms with Crippen LogP contribution in [-0.4, -0.2) is 12.5 Å². The van der Waals surface area contributed by atoms with E-state index in [1.165, 1.54) is 0 Å². The number of benzene rings is 1. The second-order valence-corrected chi connectivity index (χ2v) is 5.30. The number of nitrogens with one attached hydrogen (secondary N) is 1. The molecule has 1 amide bonds. The fourth-order valence-electron chi connectivity index (χ4n) is 1.56. The summed E-state index contributed by atoms with van der Waals surface area (Å²) in [5.41, 5.74) is 3.56. The molecule has 2 rings (SSSR count). The number of anilines is 1. The Labute approximate surface area is 97.6 Å². The van der Waals surface area contributed by atoms with Crippen molar-refractivity contribution < 1.29 is 4.79 Å². The van der Waals surface area contributed by atoms with Crippen molar-refractivity contribution in [2.45, 2.75) is 13.8 Å². The first-order valence-corrected chi connectivity index (χ1v) is 5.62. The lowest BCUT2D eigenvalue weighted by molar-refractivity contribution is -0.125. The van der Waals surface area contributed by atoms with E-state index in [1.807, 2.05) is 43.1 Å². The predicted octanol–water partition coefficient (Wildman–Crippen LogP) is 2.33. The highest BCUT2D eigenvalue weighted by molar-refractivity contribution is 9.10. The third-order valence-corrected chi connectivity index (χ3v) is 3.07. The van der Waals surface area contributed by atoms with Gasteiger partial charge in [0.05, 0.1) is 17.6 Å². The van der Waals surface area contributed by atoms with E-state index in [9.17, 15) is 4.79 Å². The van der Waals surface area contributed by atoms with Crippen LogP contribution in [-0.2, 0) is 4.79 Å². The fraction of sp³-hybridized carbons (Fsp3) is 0.364. The van der Waals surface area contributed by atoms with E-state index in [-0.39, 0.29) is 11.3 Å². The maximum absolute atomic E-state index is 11.6. The first-order chi connectivity index (χ1) is 6.99. The molecule has 1 saturated heterocycles. The molecule has 15 heavy (non-hydrogen) atoms. The van der Waals surface area contributed by atoms with Gasteiger partial charge in [-0.1, -0.05) is 15.9 Å². The maximum Gasteiger partial charge on any atom is 0.246 e. The minimum atomic E-state index is -0.312. The van der Waals surface area contributed by atoms with Crippen LogP contribution in [0.5, 0.6) is 0 Å². The summed E-state index contributed by atoms with van der Waals surface area (Å²) in [7, 11) is 0. The summed E-state index contributed by atoms with van der Waals surface area (Å²) in [6.45, 7) is 4.59. The third-order valence-electron chi connectivity index (χ3n) is 2.54. The number of carbonyl (C=O) groups excluding carboxylic acids is 1. The summed E-state index contributed by atoms with van der Waals surface area (Å²) in [4.78, 5) is 11.6. The van der Waals surface area contributed by atoms with Gasteiger partial charge in [-0.15, -0.1) is 0 Å². The predicted molar refractivity (Wildman–Crippen MR) is 63.4 cm³/mol. The Hall–Kier alpha value is -1.03. The molecule has 0 spiro atoms. The van der Waals surface area contributed by atoms with Crippen molar-refractivity contribution >= 4 is 27.5 Å². The lowest BCUT2D eigenvalue weighted by Gasteiger charge is -2.18. The van der Waals surface area contributed by atoms with Crippen LogP contribution >= 0.6 is 15.9 Å². The lowest BCUT2D eigenvalue weighted by Crippen LogP contribution is -2.33. The second-order valence-electron chi connectivity index (χ2n) is 4.39. The molecule has 1 aromatic rings. The van der Waals surface area contributed by atoms with Crippen molar-refractivity contribution in [1.82, 2.24) is 5.43 Å². The number of hydrogen-bond donors (Lipinski definition) is 1. The SMILES string of the molecule is CC1(C)CN(c2ccc(Br)cc2)NC1=O. The van der Waals surface area contributed by atoms with Crippen LogP contribution in [0.1, 0.15) is 13.8 Å². The average molecular weight is 269 g/mol. The first kappa shape index (κ1) is 10.5. The summed E-state index contributed by atoms with van der Waals surface area (Å²) in [5, 5.41) is 1.88. The highest BCUT2D eigenvalue weighted by atomic mass is 79.9. The van der Waals surface area contributed by atoms with Crippen molar-refractivity contribution in [1.29, 1.82) is 0 Å². The zero-order chi connectivity index (χ0) is 11.1. The normalized spacial score (nSPS) is 19.1. The summed E-state index contributed by atoms with van der Waals surface area (Å²) in [6, 6.07) is 7.89. The smallest absolute Gasteiger partial charge is 0.246 e. The Morgan fingerprint density at radius 2 is 1.93 bits per heavy atom. The summed E-state index contributed by atoms with van der Waals surface area (Å²) < 4.78 is 1.04. The minimum Gasteiger partial charge on any atom is -0.284 e. The van der Waals surface area contributed by atoms with E-state index in [2.05, 4.69) is 21.4 Å². The van der Waals surface area contributed by atoms with Gasteiger partial charge in [0.1, 0.15) is 0 Å². The van der Waals surface area contributed by atoms with Crippen LogP contribution in [0.4, 0.5) is 5.69 Å². The number of nitrogens with zero attached hydrogens (tertiary/aromatic N) is 1. The van der Waals surface area contributed by atoms with Crippen LogP contribution in [0.15, 0.2) is 28.7 Å². The van der Waals surface area contributed by atoms with E-state index < -0.39 is 0 Å². The van der Waals surface area contributed by atoms with Gasteiger partial charge in [0.25, 0.3) is 0 Å². The highest BCUT2D eigenvalue weighted by Gasteiger charge is 2.37. The van der Waals surface area contributed by atoms with Crippen LogP contribution in [0.2, 0.25) is 0 Å². The molecule has 0 saturated carbocycles. The minimum absolute atomic E-state index is 0.0745. The monoisotopic (exact) mass is 268 g/mol. The number of hydrazine groups is 1. The molecule has 1 heterocycles. The molecule has 1 aliphatic rings. The number of rotatable bonds is 1. The Bertz CT molecular complexity index is 386. The van der Waals surface area contributed by atoms with Crippen LogP contribution in [0, 0.1) is 5.41 Å². The molecule has 0 aliphatic carbocycles. The Morgan fingerprint density at radius 3 is 2.40 bits per heavy atom. The van der Waals surface area contributed by atoms with Crippen LogP contribution in [0.3, 0.4) is 0 Å². The van der Waals surface area contributed by atoms with Gasteiger partial charge in [-0.3, -0.25) is 15.2 Å². The molecule has 1 fully saturated rings. The molecule has 1 N–H and O–H groups in total. The van der Waals surface area contributed by atoms with Crippen molar-refractivity contribution in [3.8, 4) is 0 Å². The summed E-state index contributed by atoms with van der Waals surface area (Å²) in [5.74, 6) is 0.0745. The number of amides is 1. The van der Waals surface area contributed by atoms with E-state index in [1.54, 1.807) is 0 Å². The maximum atomic E-state index is 11.6. The van der Waals surface area contributed by atoms with Gasteiger partial charge < -0.3 is 0 Å². The Kier molecular flexibility index (Phi) is 2.46. The van der Waals surface area contributed by atoms with Gasteiger partial charge in [-0.2, -0.15) is 0 Å². The number of hydrogen-bond acceptors (Lipinski definition) is 2. The molecule has 1 aliphatic heterocycles. The van der Waals surface area contributed by atoms with Gasteiger partial charge >= 0.3 is 0 Å². The van der Waals surface area contributed by atoms with Gasteiger partial charge in [0.15, 0.2) is 0 Å². The van der Waals surface area contributed by atoms with Gasteiger partial charge in [-0.25, -0.2) is 0 Å². The first-order valence-electron chi connectivity index (χ1n) is 4.83. The summed E-state index contributed by atoms with van der Waals surface area (Å²) in [6.07, 6.45) is 0. The molecule has 0 bridgehead atoms. The van der Waals surface area contributed by atoms with E-state index >= 15 is 0 Å². The van der Waals surface area contributed by atoms with E-state index in [0.717, 1.165) is 10.2 Å². The lowest BCUT2D eigenvalue weighted by atomic mass is 9.94. The van der Waals surface area contributed by atoms with Crippen molar-refractivity contribution in [3.63, 3.8) is 0 Å². The summed E-state index contributed by atoms with van der Waals surface area (Å²) >= 11 is 3.38. The van der Waals surface area contributed by atoms with Gasteiger partial charge in [0, 0.05) is 4.47 Å². The molecule has 4 heteroatoms. The zero-order valence-electron chi connectivity index (χ0n) is 8.75. The molecule has 0 unspecified atom stereocenters. The molecular formula is C11H13BrN2O. The van der Waals surface area contributed by atoms with Crippen LogP contribution < -0.4 is 10.4 Å². The molecule has 0 radical (unpaired) electrons. The topological polar surface area (TPSA) is 32.3 Å². The van der Waals surface area contributed by atoms with Crippen molar-refractivity contribution in [2.75, 3.05) is 11.6 Å². The quantitative estimate of drug-likeness (QED) is 0.848. The van der Waals surface area contributed by atoms with E-state index in [0.29, 0.717) is 6.54 Å². The highest BCUT2D eigenvalue weighted by Crippen LogP contribution is 2.27. The Balaban J connectivity index is 2.21. The van der Waals surface area contributed by atoms with Gasteiger partial charge in [0.2, 0.25) is 5.91 Å². The van der Waals surface area contributed by atoms with Crippen molar-refractivity contribution in [3.05, 3.63) is 28.7 Å². The molecule has 0 aromatic heterocycles. The Morgan fingerprint density at radius 1 is 1.33 bits per heavy atom. The molecular weight excluding hydrogens is 256 g/mol. The third kappa shape index (κ3) is 2.00. The fourth-order valence-corrected chi connectivity index (χ4v) is 1.82. The zero-order valence-corrected chi connectivity index (χ0v) is 10.3. The van der Waals surface area contributed by atoms with Crippen LogP contribution in [0.25, 0.3) is 0 Å². The van der Waals surface area contributed by atoms with Crippen molar-refractivity contribution in [2.24, 2.45) is 5.41 Å². The molecule has 3 nitrogen and oxygen atoms in total. The molecule has 0 atom stereocenters. The number of carbonyl (C=O) groups is 1. The standard InChI is InChI=1S/C11H13BrN2O/c1-11(2)7-14(13-10(11)15)9-5-3-8(12)4-6-9/h3-6H,7H2,1-2H3,(H,13,15). The van der Waals surface area contributed by atoms with Gasteiger partial charge in [-0.05, 0) is 38.1 Å². The second kappa shape index (κ2) is 3.52. The largest absolute Gasteiger partial charge is 0.284 e. The molecule has 1 aromatic carbocycles. The average Bonchev–Trinajstić information content (AvgIpc) is 2.42. The van der Waals surface area contributed by atoms with E-state index in [4.69, 9.17) is 0 Å².